The van der Waals surface area contributed by atoms with Crippen molar-refractivity contribution in [1.29, 1.82) is 0 Å². The molecular weight excluding hydrogens is 428 g/mol. The summed E-state index contributed by atoms with van der Waals surface area (Å²) in [7, 11) is 0. The van der Waals surface area contributed by atoms with E-state index in [4.69, 9.17) is 13.3 Å². The summed E-state index contributed by atoms with van der Waals surface area (Å²) >= 11 is 0. The molecule has 5 aromatic rings. The fourth-order valence-electron chi connectivity index (χ4n) is 3.87. The van der Waals surface area contributed by atoms with Crippen molar-refractivity contribution in [3.05, 3.63) is 87.4 Å². The molecule has 0 fully saturated rings. The van der Waals surface area contributed by atoms with Crippen molar-refractivity contribution in [2.45, 2.75) is 33.9 Å². The molecule has 0 radical (unpaired) electrons. The van der Waals surface area contributed by atoms with Gasteiger partial charge in [0.1, 0.15) is 17.1 Å². The molecule has 0 saturated carbocycles. The molecule has 7 heteroatoms. The molecule has 0 spiro atoms. The highest BCUT2D eigenvalue weighted by Gasteiger charge is 2.17. The summed E-state index contributed by atoms with van der Waals surface area (Å²) in [6.07, 6.45) is 3.52. The van der Waals surface area contributed by atoms with Gasteiger partial charge in [-0.05, 0) is 55.7 Å². The van der Waals surface area contributed by atoms with Crippen molar-refractivity contribution in [3.8, 4) is 11.3 Å². The molecule has 0 unspecified atom stereocenters. The number of benzene rings is 1. The Bertz CT molecular complexity index is 1470. The van der Waals surface area contributed by atoms with Gasteiger partial charge >= 0.3 is 5.63 Å². The molecule has 0 atom stereocenters. The fourth-order valence-corrected chi connectivity index (χ4v) is 3.87. The van der Waals surface area contributed by atoms with Gasteiger partial charge in [-0.25, -0.2) is 4.79 Å². The zero-order valence-corrected chi connectivity index (χ0v) is 18.8. The first-order chi connectivity index (χ1) is 15.0. The van der Waals surface area contributed by atoms with Crippen LogP contribution in [0.3, 0.4) is 0 Å². The summed E-state index contributed by atoms with van der Waals surface area (Å²) in [5.74, 6) is 1.50. The first-order valence-electron chi connectivity index (χ1n) is 10.2. The Balaban J connectivity index is 0.00000245. The van der Waals surface area contributed by atoms with Gasteiger partial charge in [-0.15, -0.1) is 12.4 Å². The minimum atomic E-state index is -0.396. The summed E-state index contributed by atoms with van der Waals surface area (Å²) < 4.78 is 17.1. The third kappa shape index (κ3) is 3.83. The largest absolute Gasteiger partial charge is 0.468 e. The van der Waals surface area contributed by atoms with E-state index >= 15 is 0 Å². The lowest BCUT2D eigenvalue weighted by molar-refractivity contribution is 0.483. The van der Waals surface area contributed by atoms with Crippen molar-refractivity contribution < 1.29 is 13.3 Å². The van der Waals surface area contributed by atoms with Crippen LogP contribution < -0.4 is 10.9 Å². The molecule has 0 saturated heterocycles. The van der Waals surface area contributed by atoms with Gasteiger partial charge in [-0.2, -0.15) is 0 Å². The van der Waals surface area contributed by atoms with E-state index in [-0.39, 0.29) is 12.4 Å². The summed E-state index contributed by atoms with van der Waals surface area (Å²) in [5, 5.41) is 5.20. The molecule has 4 heterocycles. The van der Waals surface area contributed by atoms with Crippen LogP contribution in [0.5, 0.6) is 0 Å². The van der Waals surface area contributed by atoms with E-state index in [0.717, 1.165) is 50.1 Å². The fraction of sp³-hybridized carbons (Fsp3) is 0.200. The molecule has 32 heavy (non-hydrogen) atoms. The van der Waals surface area contributed by atoms with Crippen LogP contribution in [0.15, 0.2) is 66.9 Å². The van der Waals surface area contributed by atoms with Crippen molar-refractivity contribution in [2.24, 2.45) is 0 Å². The van der Waals surface area contributed by atoms with Crippen molar-refractivity contribution in [2.75, 3.05) is 0 Å². The third-order valence-corrected chi connectivity index (χ3v) is 5.71. The van der Waals surface area contributed by atoms with Gasteiger partial charge in [0, 0.05) is 35.1 Å². The molecule has 1 N–H and O–H groups in total. The van der Waals surface area contributed by atoms with E-state index in [2.05, 4.69) is 10.3 Å². The van der Waals surface area contributed by atoms with E-state index in [1.54, 1.807) is 6.26 Å². The van der Waals surface area contributed by atoms with Gasteiger partial charge < -0.3 is 18.6 Å². The zero-order valence-electron chi connectivity index (χ0n) is 18.0. The zero-order chi connectivity index (χ0) is 21.5. The number of hydrogen-bond acceptors (Lipinski definition) is 6. The number of nitrogens with zero attached hydrogens (tertiary/aromatic N) is 1. The van der Waals surface area contributed by atoms with E-state index in [0.29, 0.717) is 24.4 Å². The summed E-state index contributed by atoms with van der Waals surface area (Å²) in [5.41, 5.74) is 5.48. The molecular formula is C25H23ClN2O4. The Kier molecular flexibility index (Phi) is 5.91. The maximum absolute atomic E-state index is 12.3. The topological polar surface area (TPSA) is 81.4 Å². The van der Waals surface area contributed by atoms with Crippen LogP contribution >= 0.6 is 12.4 Å². The van der Waals surface area contributed by atoms with Crippen molar-refractivity contribution in [3.63, 3.8) is 0 Å². The minimum Gasteiger partial charge on any atom is -0.468 e. The number of aryl methyl sites for hydroxylation is 3. The second-order valence-corrected chi connectivity index (χ2v) is 7.77. The first kappa shape index (κ1) is 21.9. The molecule has 4 aromatic heterocycles. The quantitative estimate of drug-likeness (QED) is 0.339. The highest BCUT2D eigenvalue weighted by molar-refractivity contribution is 5.97. The van der Waals surface area contributed by atoms with Crippen LogP contribution in [-0.2, 0) is 13.1 Å². The molecule has 0 aliphatic rings. The highest BCUT2D eigenvalue weighted by atomic mass is 35.5. The van der Waals surface area contributed by atoms with Gasteiger partial charge in [0.2, 0.25) is 0 Å². The number of furan rings is 2. The van der Waals surface area contributed by atoms with Gasteiger partial charge in [-0.3, -0.25) is 4.98 Å². The SMILES string of the molecule is Cc1ccc2c(-c3cc4c(CNCc5ccco5)cnc(C)c4o3)cc(=O)oc2c1C.Cl. The lowest BCUT2D eigenvalue weighted by Gasteiger charge is -2.07. The van der Waals surface area contributed by atoms with E-state index in [9.17, 15) is 4.79 Å². The first-order valence-corrected chi connectivity index (χ1v) is 10.2. The maximum Gasteiger partial charge on any atom is 0.336 e. The summed E-state index contributed by atoms with van der Waals surface area (Å²) in [6.45, 7) is 7.11. The molecule has 164 valence electrons. The number of aromatic nitrogens is 1. The number of halogens is 1. The van der Waals surface area contributed by atoms with E-state index in [1.807, 2.05) is 57.3 Å². The van der Waals surface area contributed by atoms with Gasteiger partial charge in [-0.1, -0.05) is 12.1 Å². The monoisotopic (exact) mass is 450 g/mol. The minimum absolute atomic E-state index is 0. The second kappa shape index (κ2) is 8.65. The average molecular weight is 451 g/mol. The van der Waals surface area contributed by atoms with Crippen molar-refractivity contribution >= 4 is 34.3 Å². The molecule has 0 amide bonds. The number of hydrogen-bond donors (Lipinski definition) is 1. The Morgan fingerprint density at radius 2 is 1.81 bits per heavy atom. The van der Waals surface area contributed by atoms with Gasteiger partial charge in [0.25, 0.3) is 0 Å². The van der Waals surface area contributed by atoms with Crippen LogP contribution in [-0.4, -0.2) is 4.98 Å². The normalized spacial score (nSPS) is 11.2. The predicted octanol–water partition coefficient (Wildman–Crippen LogP) is 5.83. The standard InChI is InChI=1S/C25H22N2O4.ClH/c1-14-6-7-19-21(10-23(28)31-24(19)15(14)2)22-9-20-17(12-27-16(3)25(20)30-22)11-26-13-18-5-4-8-29-18;/h4-10,12,26H,11,13H2,1-3H3;1H. The van der Waals surface area contributed by atoms with Gasteiger partial charge in [0.15, 0.2) is 5.58 Å². The average Bonchev–Trinajstić information content (AvgIpc) is 3.43. The second-order valence-electron chi connectivity index (χ2n) is 7.77. The van der Waals surface area contributed by atoms with Gasteiger partial charge in [0.05, 0.1) is 18.5 Å². The summed E-state index contributed by atoms with van der Waals surface area (Å²) in [4.78, 5) is 16.8. The molecule has 6 nitrogen and oxygen atoms in total. The summed E-state index contributed by atoms with van der Waals surface area (Å²) in [6, 6.07) is 11.3. The number of pyridine rings is 1. The van der Waals surface area contributed by atoms with E-state index < -0.39 is 5.63 Å². The third-order valence-electron chi connectivity index (χ3n) is 5.71. The highest BCUT2D eigenvalue weighted by Crippen LogP contribution is 2.35. The Morgan fingerprint density at radius 3 is 2.59 bits per heavy atom. The Labute approximate surface area is 190 Å². The lowest BCUT2D eigenvalue weighted by Crippen LogP contribution is -2.12. The van der Waals surface area contributed by atoms with Crippen molar-refractivity contribution in [1.82, 2.24) is 10.3 Å². The molecule has 1 aromatic carbocycles. The molecule has 0 bridgehead atoms. The van der Waals surface area contributed by atoms with Crippen LogP contribution in [0.1, 0.15) is 28.1 Å². The smallest absolute Gasteiger partial charge is 0.336 e. The molecule has 0 aliphatic carbocycles. The van der Waals surface area contributed by atoms with Crippen LogP contribution in [0.2, 0.25) is 0 Å². The maximum atomic E-state index is 12.3. The number of nitrogens with one attached hydrogen (secondary N) is 1. The van der Waals surface area contributed by atoms with E-state index in [1.165, 1.54) is 6.07 Å². The lowest BCUT2D eigenvalue weighted by atomic mass is 10.0. The molecule has 0 aliphatic heterocycles. The Morgan fingerprint density at radius 1 is 0.969 bits per heavy atom. The number of rotatable bonds is 5. The predicted molar refractivity (Wildman–Crippen MR) is 126 cm³/mol. The van der Waals surface area contributed by atoms with Crippen LogP contribution in [0.25, 0.3) is 33.3 Å². The Hall–Kier alpha value is -3.35. The van der Waals surface area contributed by atoms with Crippen LogP contribution in [0, 0.1) is 20.8 Å². The number of fused-ring (bicyclic) bond motifs is 2. The molecule has 5 rings (SSSR count). The van der Waals surface area contributed by atoms with Crippen LogP contribution in [0.4, 0.5) is 0 Å².